The molecule has 1 aromatic rings. The minimum absolute atomic E-state index is 0.0470. The molecule has 0 aliphatic carbocycles. The van der Waals surface area contributed by atoms with Crippen molar-refractivity contribution in [2.75, 3.05) is 12.3 Å². The molecule has 0 saturated heterocycles. The molecule has 0 heterocycles. The van der Waals surface area contributed by atoms with Crippen molar-refractivity contribution in [2.45, 2.75) is 24.3 Å². The monoisotopic (exact) mass is 283 g/mol. The average Bonchev–Trinajstić information content (AvgIpc) is 2.36. The number of non-ortho nitro benzene ring substituents is 1. The zero-order chi connectivity index (χ0) is 14.3. The van der Waals surface area contributed by atoms with Crippen LogP contribution in [0.3, 0.4) is 0 Å². The zero-order valence-corrected chi connectivity index (χ0v) is 11.5. The summed E-state index contributed by atoms with van der Waals surface area (Å²) in [7, 11) is 0. The quantitative estimate of drug-likeness (QED) is 0.449. The van der Waals surface area contributed by atoms with Crippen molar-refractivity contribution in [1.82, 2.24) is 5.32 Å². The second kappa shape index (κ2) is 7.75. The summed E-state index contributed by atoms with van der Waals surface area (Å²) in [6, 6.07) is 6.20. The van der Waals surface area contributed by atoms with E-state index >= 15 is 0 Å². The predicted octanol–water partition coefficient (Wildman–Crippen LogP) is 1.54. The molecular weight excluding hydrogens is 266 g/mol. The highest BCUT2D eigenvalue weighted by atomic mass is 32.2. The number of rotatable bonds is 7. The normalized spacial score (nSPS) is 11.9. The fraction of sp³-hybridized carbons (Fsp3) is 0.417. The molecule has 1 unspecified atom stereocenters. The molecule has 104 valence electrons. The van der Waals surface area contributed by atoms with Crippen molar-refractivity contribution < 1.29 is 9.72 Å². The lowest BCUT2D eigenvalue weighted by atomic mass is 10.2. The Bertz CT molecular complexity index is 434. The molecule has 0 fully saturated rings. The van der Waals surface area contributed by atoms with E-state index in [1.165, 1.54) is 23.9 Å². The van der Waals surface area contributed by atoms with E-state index in [1.54, 1.807) is 12.1 Å². The van der Waals surface area contributed by atoms with E-state index in [1.807, 2.05) is 6.92 Å². The first-order valence-corrected chi connectivity index (χ1v) is 6.87. The maximum absolute atomic E-state index is 11.5. The molecule has 1 atom stereocenters. The number of nitrogens with one attached hydrogen (secondary N) is 1. The summed E-state index contributed by atoms with van der Waals surface area (Å²) in [5.74, 6) is 0.223. The SMILES string of the molecule is CC(N)CCNC(=O)CSc1ccc([N+](=O)[O-])cc1. The molecule has 0 bridgehead atoms. The van der Waals surface area contributed by atoms with E-state index in [4.69, 9.17) is 5.73 Å². The number of hydrogen-bond acceptors (Lipinski definition) is 5. The topological polar surface area (TPSA) is 98.3 Å². The first kappa shape index (κ1) is 15.5. The van der Waals surface area contributed by atoms with Crippen molar-refractivity contribution >= 4 is 23.4 Å². The maximum Gasteiger partial charge on any atom is 0.269 e. The highest BCUT2D eigenvalue weighted by molar-refractivity contribution is 8.00. The van der Waals surface area contributed by atoms with Crippen molar-refractivity contribution in [3.63, 3.8) is 0 Å². The van der Waals surface area contributed by atoms with E-state index in [2.05, 4.69) is 5.32 Å². The summed E-state index contributed by atoms with van der Waals surface area (Å²) < 4.78 is 0. The van der Waals surface area contributed by atoms with Gasteiger partial charge in [-0.2, -0.15) is 0 Å². The van der Waals surface area contributed by atoms with Crippen LogP contribution in [-0.4, -0.2) is 29.2 Å². The Kier molecular flexibility index (Phi) is 6.31. The van der Waals surface area contributed by atoms with Crippen molar-refractivity contribution in [3.8, 4) is 0 Å². The van der Waals surface area contributed by atoms with Crippen LogP contribution >= 0.6 is 11.8 Å². The molecule has 0 aliphatic heterocycles. The van der Waals surface area contributed by atoms with E-state index in [0.29, 0.717) is 6.54 Å². The van der Waals surface area contributed by atoms with Crippen LogP contribution in [0.4, 0.5) is 5.69 Å². The number of hydrogen-bond donors (Lipinski definition) is 2. The molecule has 0 aromatic heterocycles. The number of carbonyl (C=O) groups excluding carboxylic acids is 1. The molecule has 1 aromatic carbocycles. The lowest BCUT2D eigenvalue weighted by Gasteiger charge is -2.07. The van der Waals surface area contributed by atoms with Gasteiger partial charge in [0.15, 0.2) is 0 Å². The lowest BCUT2D eigenvalue weighted by molar-refractivity contribution is -0.384. The van der Waals surface area contributed by atoms with Crippen LogP contribution in [0.25, 0.3) is 0 Å². The fourth-order valence-corrected chi connectivity index (χ4v) is 2.03. The molecule has 1 rings (SSSR count). The summed E-state index contributed by atoms with van der Waals surface area (Å²) in [5, 5.41) is 13.2. The van der Waals surface area contributed by atoms with Gasteiger partial charge in [-0.3, -0.25) is 14.9 Å². The Balaban J connectivity index is 2.32. The van der Waals surface area contributed by atoms with Gasteiger partial charge in [-0.05, 0) is 25.5 Å². The first-order valence-electron chi connectivity index (χ1n) is 5.88. The minimum Gasteiger partial charge on any atom is -0.355 e. The summed E-state index contributed by atoms with van der Waals surface area (Å²) in [5.41, 5.74) is 5.62. The predicted molar refractivity (Wildman–Crippen MR) is 75.1 cm³/mol. The fourth-order valence-electron chi connectivity index (χ4n) is 1.30. The summed E-state index contributed by atoms with van der Waals surface area (Å²) in [6.07, 6.45) is 0.744. The lowest BCUT2D eigenvalue weighted by Crippen LogP contribution is -2.30. The third-order valence-electron chi connectivity index (χ3n) is 2.34. The molecule has 0 saturated carbocycles. The van der Waals surface area contributed by atoms with E-state index < -0.39 is 4.92 Å². The second-order valence-electron chi connectivity index (χ2n) is 4.16. The van der Waals surface area contributed by atoms with Crippen LogP contribution in [0.2, 0.25) is 0 Å². The number of benzene rings is 1. The summed E-state index contributed by atoms with van der Waals surface area (Å²) in [4.78, 5) is 22.3. The molecule has 0 radical (unpaired) electrons. The maximum atomic E-state index is 11.5. The number of carbonyl (C=O) groups is 1. The second-order valence-corrected chi connectivity index (χ2v) is 5.20. The van der Waals surface area contributed by atoms with Gasteiger partial charge in [0.2, 0.25) is 5.91 Å². The highest BCUT2D eigenvalue weighted by Crippen LogP contribution is 2.20. The molecule has 1 amide bonds. The molecular formula is C12H17N3O3S. The van der Waals surface area contributed by atoms with Gasteiger partial charge < -0.3 is 11.1 Å². The van der Waals surface area contributed by atoms with Crippen LogP contribution in [0.5, 0.6) is 0 Å². The Labute approximate surface area is 115 Å². The van der Waals surface area contributed by atoms with Crippen LogP contribution in [0.1, 0.15) is 13.3 Å². The third-order valence-corrected chi connectivity index (χ3v) is 3.35. The van der Waals surface area contributed by atoms with Crippen molar-refractivity contribution in [1.29, 1.82) is 0 Å². The Morgan fingerprint density at radius 1 is 1.47 bits per heavy atom. The molecule has 6 nitrogen and oxygen atoms in total. The average molecular weight is 283 g/mol. The number of amides is 1. The van der Waals surface area contributed by atoms with Gasteiger partial charge in [0.1, 0.15) is 0 Å². The van der Waals surface area contributed by atoms with Crippen LogP contribution in [0, 0.1) is 10.1 Å². The molecule has 3 N–H and O–H groups in total. The summed E-state index contributed by atoms with van der Waals surface area (Å²) in [6.45, 7) is 2.45. The van der Waals surface area contributed by atoms with E-state index in [0.717, 1.165) is 11.3 Å². The van der Waals surface area contributed by atoms with Gasteiger partial charge in [0.25, 0.3) is 5.69 Å². The van der Waals surface area contributed by atoms with Gasteiger partial charge in [0, 0.05) is 29.6 Å². The van der Waals surface area contributed by atoms with E-state index in [-0.39, 0.29) is 23.4 Å². The van der Waals surface area contributed by atoms with Gasteiger partial charge in [0.05, 0.1) is 10.7 Å². The minimum atomic E-state index is -0.449. The number of nitrogens with zero attached hydrogens (tertiary/aromatic N) is 1. The van der Waals surface area contributed by atoms with Gasteiger partial charge in [-0.25, -0.2) is 0 Å². The molecule has 0 spiro atoms. The number of nitro benzene ring substituents is 1. The number of nitro groups is 1. The van der Waals surface area contributed by atoms with Gasteiger partial charge >= 0.3 is 0 Å². The van der Waals surface area contributed by atoms with Crippen molar-refractivity contribution in [3.05, 3.63) is 34.4 Å². The van der Waals surface area contributed by atoms with Crippen LogP contribution < -0.4 is 11.1 Å². The largest absolute Gasteiger partial charge is 0.355 e. The summed E-state index contributed by atoms with van der Waals surface area (Å²) >= 11 is 1.34. The molecule has 0 aliphatic rings. The van der Waals surface area contributed by atoms with E-state index in [9.17, 15) is 14.9 Å². The molecule has 19 heavy (non-hydrogen) atoms. The van der Waals surface area contributed by atoms with Gasteiger partial charge in [-0.1, -0.05) is 0 Å². The third kappa shape index (κ3) is 6.21. The van der Waals surface area contributed by atoms with Crippen LogP contribution in [0.15, 0.2) is 29.2 Å². The smallest absolute Gasteiger partial charge is 0.269 e. The highest BCUT2D eigenvalue weighted by Gasteiger charge is 2.06. The Morgan fingerprint density at radius 2 is 2.11 bits per heavy atom. The standard InChI is InChI=1S/C12H17N3O3S/c1-9(13)6-7-14-12(16)8-19-11-4-2-10(3-5-11)15(17)18/h2-5,9H,6-8,13H2,1H3,(H,14,16). The van der Waals surface area contributed by atoms with Gasteiger partial charge in [-0.15, -0.1) is 11.8 Å². The van der Waals surface area contributed by atoms with Crippen molar-refractivity contribution in [2.24, 2.45) is 5.73 Å². The number of thioether (sulfide) groups is 1. The van der Waals surface area contributed by atoms with Crippen LogP contribution in [-0.2, 0) is 4.79 Å². The first-order chi connectivity index (χ1) is 8.99. The Hall–Kier alpha value is -1.60. The number of nitrogens with two attached hydrogens (primary N) is 1. The zero-order valence-electron chi connectivity index (χ0n) is 10.7. The Morgan fingerprint density at radius 3 is 2.63 bits per heavy atom. The molecule has 7 heteroatoms.